The van der Waals surface area contributed by atoms with Gasteiger partial charge in [-0.2, -0.15) is 0 Å². The average Bonchev–Trinajstić information content (AvgIpc) is 2.71. The van der Waals surface area contributed by atoms with Gasteiger partial charge in [0.2, 0.25) is 5.95 Å². The van der Waals surface area contributed by atoms with Crippen LogP contribution in [0.3, 0.4) is 0 Å². The van der Waals surface area contributed by atoms with Crippen molar-refractivity contribution in [2.24, 2.45) is 0 Å². The van der Waals surface area contributed by atoms with Gasteiger partial charge in [0.15, 0.2) is 0 Å². The smallest absolute Gasteiger partial charge is 0.201 e. The molecule has 1 heterocycles. The minimum atomic E-state index is -0.531. The molecule has 0 atom stereocenters. The van der Waals surface area contributed by atoms with Crippen molar-refractivity contribution in [3.8, 4) is 0 Å². The van der Waals surface area contributed by atoms with Gasteiger partial charge in [0.25, 0.3) is 0 Å². The third-order valence-electron chi connectivity index (χ3n) is 3.39. The topological polar surface area (TPSA) is 43.8 Å². The van der Waals surface area contributed by atoms with Crippen molar-refractivity contribution in [2.45, 2.75) is 13.5 Å². The van der Waals surface area contributed by atoms with Crippen LogP contribution in [0.5, 0.6) is 0 Å². The largest absolute Gasteiger partial charge is 0.369 e. The Labute approximate surface area is 118 Å². The maximum absolute atomic E-state index is 13.7. The van der Waals surface area contributed by atoms with Crippen LogP contribution in [0.2, 0.25) is 0 Å². The molecule has 0 fully saturated rings. The first-order valence-corrected chi connectivity index (χ1v) is 6.31. The zero-order chi connectivity index (χ0) is 15.1. The Balaban J connectivity index is 2.14. The first-order valence-electron chi connectivity index (χ1n) is 6.31. The Kier molecular flexibility index (Phi) is 3.08. The summed E-state index contributed by atoms with van der Waals surface area (Å²) < 4.78 is 42.0. The number of imidazole rings is 1. The van der Waals surface area contributed by atoms with Crippen molar-refractivity contribution in [2.75, 3.05) is 5.73 Å². The van der Waals surface area contributed by atoms with Gasteiger partial charge in [-0.1, -0.05) is 0 Å². The summed E-state index contributed by atoms with van der Waals surface area (Å²) in [5.74, 6) is -1.32. The standard InChI is InChI=1S/C15H12F3N3/c1-8-4-14-13(6-12(8)18)20-15(19)21(14)7-9-5-10(16)2-3-11(9)17/h2-6H,7H2,1H3,(H2,19,20). The van der Waals surface area contributed by atoms with Crippen LogP contribution in [0, 0.1) is 24.4 Å². The van der Waals surface area contributed by atoms with Crippen LogP contribution < -0.4 is 5.73 Å². The highest BCUT2D eigenvalue weighted by atomic mass is 19.1. The second-order valence-electron chi connectivity index (χ2n) is 4.88. The molecule has 0 aliphatic carbocycles. The molecular weight excluding hydrogens is 279 g/mol. The summed E-state index contributed by atoms with van der Waals surface area (Å²) in [6.45, 7) is 1.64. The molecule has 21 heavy (non-hydrogen) atoms. The number of nitrogens with two attached hydrogens (primary N) is 1. The predicted octanol–water partition coefficient (Wildman–Crippen LogP) is 3.39. The van der Waals surface area contributed by atoms with E-state index in [1.807, 2.05) is 0 Å². The number of hydrogen-bond donors (Lipinski definition) is 1. The van der Waals surface area contributed by atoms with Crippen molar-refractivity contribution in [1.82, 2.24) is 9.55 Å². The molecule has 0 unspecified atom stereocenters. The van der Waals surface area contributed by atoms with E-state index in [4.69, 9.17) is 5.73 Å². The fraction of sp³-hybridized carbons (Fsp3) is 0.133. The number of hydrogen-bond acceptors (Lipinski definition) is 2. The Morgan fingerprint density at radius 2 is 1.86 bits per heavy atom. The first-order chi connectivity index (χ1) is 9.95. The second kappa shape index (κ2) is 4.80. The van der Waals surface area contributed by atoms with Crippen molar-refractivity contribution in [3.63, 3.8) is 0 Å². The minimum absolute atomic E-state index is 0.0248. The lowest BCUT2D eigenvalue weighted by atomic mass is 10.2. The molecule has 0 aliphatic heterocycles. The van der Waals surface area contributed by atoms with Crippen LogP contribution in [0.15, 0.2) is 30.3 Å². The number of aromatic nitrogens is 2. The number of anilines is 1. The molecule has 0 aliphatic rings. The molecule has 0 saturated carbocycles. The number of nitrogens with zero attached hydrogens (tertiary/aromatic N) is 2. The van der Waals surface area contributed by atoms with Gasteiger partial charge in [-0.3, -0.25) is 0 Å². The van der Waals surface area contributed by atoms with E-state index in [0.717, 1.165) is 18.2 Å². The summed E-state index contributed by atoms with van der Waals surface area (Å²) in [5.41, 5.74) is 7.35. The van der Waals surface area contributed by atoms with E-state index in [1.165, 1.54) is 10.6 Å². The molecule has 0 radical (unpaired) electrons. The van der Waals surface area contributed by atoms with Gasteiger partial charge in [-0.25, -0.2) is 18.2 Å². The normalized spacial score (nSPS) is 11.2. The highest BCUT2D eigenvalue weighted by molar-refractivity contribution is 5.79. The summed E-state index contributed by atoms with van der Waals surface area (Å²) in [7, 11) is 0. The zero-order valence-corrected chi connectivity index (χ0v) is 11.2. The van der Waals surface area contributed by atoms with E-state index in [1.54, 1.807) is 13.0 Å². The van der Waals surface area contributed by atoms with Crippen molar-refractivity contribution in [1.29, 1.82) is 0 Å². The molecular formula is C15H12F3N3. The van der Waals surface area contributed by atoms with Crippen molar-refractivity contribution in [3.05, 3.63) is 58.9 Å². The number of aryl methyl sites for hydroxylation is 1. The predicted molar refractivity (Wildman–Crippen MR) is 74.3 cm³/mol. The summed E-state index contributed by atoms with van der Waals surface area (Å²) in [6.07, 6.45) is 0. The lowest BCUT2D eigenvalue weighted by Gasteiger charge is -2.08. The highest BCUT2D eigenvalue weighted by Gasteiger charge is 2.13. The van der Waals surface area contributed by atoms with E-state index in [0.29, 0.717) is 16.6 Å². The van der Waals surface area contributed by atoms with Crippen molar-refractivity contribution >= 4 is 17.0 Å². The molecule has 3 nitrogen and oxygen atoms in total. The Morgan fingerprint density at radius 3 is 2.62 bits per heavy atom. The Bertz CT molecular complexity index is 840. The van der Waals surface area contributed by atoms with E-state index in [2.05, 4.69) is 4.98 Å². The third-order valence-corrected chi connectivity index (χ3v) is 3.39. The molecule has 0 bridgehead atoms. The van der Waals surface area contributed by atoms with Crippen LogP contribution in [0.25, 0.3) is 11.0 Å². The third kappa shape index (κ3) is 2.33. The second-order valence-corrected chi connectivity index (χ2v) is 4.88. The summed E-state index contributed by atoms with van der Waals surface area (Å²) in [5, 5.41) is 0. The molecule has 0 spiro atoms. The summed E-state index contributed by atoms with van der Waals surface area (Å²) >= 11 is 0. The lowest BCUT2D eigenvalue weighted by Crippen LogP contribution is -2.06. The summed E-state index contributed by atoms with van der Waals surface area (Å²) in [6, 6.07) is 6.08. The average molecular weight is 291 g/mol. The SMILES string of the molecule is Cc1cc2c(cc1F)nc(N)n2Cc1cc(F)ccc1F. The fourth-order valence-corrected chi connectivity index (χ4v) is 2.27. The zero-order valence-electron chi connectivity index (χ0n) is 11.2. The van der Waals surface area contributed by atoms with Gasteiger partial charge < -0.3 is 10.3 Å². The van der Waals surface area contributed by atoms with Crippen LogP contribution >= 0.6 is 0 Å². The molecule has 3 rings (SSSR count). The molecule has 2 aromatic carbocycles. The Morgan fingerprint density at radius 1 is 1.10 bits per heavy atom. The van der Waals surface area contributed by atoms with E-state index < -0.39 is 11.6 Å². The highest BCUT2D eigenvalue weighted by Crippen LogP contribution is 2.23. The number of fused-ring (bicyclic) bond motifs is 1. The van der Waals surface area contributed by atoms with Gasteiger partial charge in [-0.15, -0.1) is 0 Å². The molecule has 6 heteroatoms. The van der Waals surface area contributed by atoms with Gasteiger partial charge in [0, 0.05) is 11.6 Å². The van der Waals surface area contributed by atoms with Gasteiger partial charge in [0.1, 0.15) is 17.5 Å². The molecule has 1 aromatic heterocycles. The van der Waals surface area contributed by atoms with E-state index in [-0.39, 0.29) is 23.9 Å². The quantitative estimate of drug-likeness (QED) is 0.786. The van der Waals surface area contributed by atoms with Crippen LogP contribution in [0.4, 0.5) is 19.1 Å². The van der Waals surface area contributed by atoms with Crippen LogP contribution in [-0.4, -0.2) is 9.55 Å². The fourth-order valence-electron chi connectivity index (χ4n) is 2.27. The minimum Gasteiger partial charge on any atom is -0.369 e. The van der Waals surface area contributed by atoms with Gasteiger partial charge >= 0.3 is 0 Å². The van der Waals surface area contributed by atoms with Gasteiger partial charge in [-0.05, 0) is 36.8 Å². The number of halogens is 3. The number of benzene rings is 2. The van der Waals surface area contributed by atoms with Gasteiger partial charge in [0.05, 0.1) is 17.6 Å². The summed E-state index contributed by atoms with van der Waals surface area (Å²) in [4.78, 5) is 4.05. The molecule has 0 amide bonds. The van der Waals surface area contributed by atoms with Crippen LogP contribution in [-0.2, 0) is 6.54 Å². The number of rotatable bonds is 2. The first kappa shape index (κ1) is 13.5. The molecule has 0 saturated heterocycles. The van der Waals surface area contributed by atoms with E-state index >= 15 is 0 Å². The maximum Gasteiger partial charge on any atom is 0.201 e. The lowest BCUT2D eigenvalue weighted by molar-refractivity contribution is 0.579. The van der Waals surface area contributed by atoms with E-state index in [9.17, 15) is 13.2 Å². The molecule has 108 valence electrons. The Hall–Kier alpha value is -2.50. The molecule has 2 N–H and O–H groups in total. The van der Waals surface area contributed by atoms with Crippen molar-refractivity contribution < 1.29 is 13.2 Å². The monoisotopic (exact) mass is 291 g/mol. The number of nitrogen functional groups attached to an aromatic ring is 1. The van der Waals surface area contributed by atoms with Crippen LogP contribution in [0.1, 0.15) is 11.1 Å². The maximum atomic E-state index is 13.7. The molecule has 3 aromatic rings.